The van der Waals surface area contributed by atoms with Crippen LogP contribution in [0.1, 0.15) is 5.56 Å². The minimum atomic E-state index is -0.209. The first-order valence-electron chi connectivity index (χ1n) is 10.8. The lowest BCUT2D eigenvalue weighted by atomic mass is 10.0. The highest BCUT2D eigenvalue weighted by Crippen LogP contribution is 2.25. The summed E-state index contributed by atoms with van der Waals surface area (Å²) in [4.78, 5) is 37.9. The van der Waals surface area contributed by atoms with Gasteiger partial charge in [-0.05, 0) is 60.5 Å². The second-order valence-electron chi connectivity index (χ2n) is 7.69. The SMILES string of the molecule is C=CC(=O)N(CCOC)c1cccc(Nc2ncc3cc(-c4c(C)cc[nH]c4=O)ccc3n2)c1. The molecule has 8 nitrogen and oxygen atoms in total. The van der Waals surface area contributed by atoms with Crippen molar-refractivity contribution in [3.05, 3.63) is 89.5 Å². The second kappa shape index (κ2) is 10.1. The normalized spacial score (nSPS) is 10.8. The molecule has 2 heterocycles. The molecule has 2 aromatic carbocycles. The number of nitrogens with one attached hydrogen (secondary N) is 2. The van der Waals surface area contributed by atoms with Crippen LogP contribution >= 0.6 is 0 Å². The summed E-state index contributed by atoms with van der Waals surface area (Å²) in [6.45, 7) is 6.30. The number of benzene rings is 2. The molecule has 0 bridgehead atoms. The topological polar surface area (TPSA) is 100 Å². The molecule has 0 spiro atoms. The highest BCUT2D eigenvalue weighted by atomic mass is 16.5. The fourth-order valence-electron chi connectivity index (χ4n) is 3.72. The van der Waals surface area contributed by atoms with Gasteiger partial charge in [0.05, 0.1) is 12.1 Å². The number of aryl methyl sites for hydroxylation is 1. The fraction of sp³-hybridized carbons (Fsp3) is 0.154. The zero-order valence-corrected chi connectivity index (χ0v) is 19.0. The van der Waals surface area contributed by atoms with Crippen LogP contribution in [-0.2, 0) is 9.53 Å². The average molecular weight is 456 g/mol. The van der Waals surface area contributed by atoms with Crippen LogP contribution in [0.4, 0.5) is 17.3 Å². The van der Waals surface area contributed by atoms with Crippen LogP contribution in [-0.4, -0.2) is 41.1 Å². The van der Waals surface area contributed by atoms with E-state index in [-0.39, 0.29) is 11.5 Å². The summed E-state index contributed by atoms with van der Waals surface area (Å²) in [6, 6.07) is 14.9. The van der Waals surface area contributed by atoms with E-state index in [9.17, 15) is 9.59 Å². The molecular weight excluding hydrogens is 430 g/mol. The highest BCUT2D eigenvalue weighted by molar-refractivity contribution is 6.01. The van der Waals surface area contributed by atoms with Crippen LogP contribution in [0.5, 0.6) is 0 Å². The van der Waals surface area contributed by atoms with Crippen molar-refractivity contribution in [2.75, 3.05) is 30.5 Å². The third-order valence-electron chi connectivity index (χ3n) is 5.41. The van der Waals surface area contributed by atoms with Gasteiger partial charge in [0, 0.05) is 48.4 Å². The number of fused-ring (bicyclic) bond motifs is 1. The van der Waals surface area contributed by atoms with Gasteiger partial charge in [-0.2, -0.15) is 0 Å². The molecule has 0 saturated carbocycles. The Morgan fingerprint density at radius 2 is 2.09 bits per heavy atom. The molecule has 0 atom stereocenters. The Balaban J connectivity index is 1.60. The molecule has 4 aromatic rings. The lowest BCUT2D eigenvalue weighted by Gasteiger charge is -2.21. The molecule has 172 valence electrons. The molecular formula is C26H25N5O3. The minimum Gasteiger partial charge on any atom is -0.383 e. The zero-order valence-electron chi connectivity index (χ0n) is 19.0. The number of hydrogen-bond donors (Lipinski definition) is 2. The van der Waals surface area contributed by atoms with Gasteiger partial charge in [-0.15, -0.1) is 0 Å². The van der Waals surface area contributed by atoms with E-state index in [1.807, 2.05) is 55.5 Å². The summed E-state index contributed by atoms with van der Waals surface area (Å²) in [5.41, 5.74) is 4.40. The Morgan fingerprint density at radius 1 is 1.24 bits per heavy atom. The molecule has 0 aliphatic carbocycles. The van der Waals surface area contributed by atoms with Crippen molar-refractivity contribution < 1.29 is 9.53 Å². The van der Waals surface area contributed by atoms with Crippen LogP contribution in [0, 0.1) is 6.92 Å². The van der Waals surface area contributed by atoms with E-state index in [1.165, 1.54) is 6.08 Å². The number of rotatable bonds is 8. The predicted molar refractivity (Wildman–Crippen MR) is 134 cm³/mol. The van der Waals surface area contributed by atoms with Crippen molar-refractivity contribution in [1.82, 2.24) is 15.0 Å². The standard InChI is InChI=1S/C26H25N5O3/c1-4-23(32)31(12-13-34-3)21-7-5-6-20(15-21)29-26-28-16-19-14-18(8-9-22(19)30-26)24-17(2)10-11-27-25(24)33/h4-11,14-16H,1,12-13H2,2-3H3,(H,27,33)(H,28,29,30). The summed E-state index contributed by atoms with van der Waals surface area (Å²) < 4.78 is 5.12. The number of carbonyl (C=O) groups excluding carboxylic acids is 1. The Labute approximate surface area is 196 Å². The number of nitrogens with zero attached hydrogens (tertiary/aromatic N) is 3. The summed E-state index contributed by atoms with van der Waals surface area (Å²) in [7, 11) is 1.59. The summed E-state index contributed by atoms with van der Waals surface area (Å²) >= 11 is 0. The van der Waals surface area contributed by atoms with E-state index < -0.39 is 0 Å². The quantitative estimate of drug-likeness (QED) is 0.386. The van der Waals surface area contributed by atoms with E-state index >= 15 is 0 Å². The minimum absolute atomic E-state index is 0.132. The maximum absolute atomic E-state index is 12.3. The number of pyridine rings is 1. The van der Waals surface area contributed by atoms with Gasteiger partial charge in [-0.25, -0.2) is 9.97 Å². The van der Waals surface area contributed by atoms with Gasteiger partial charge in [-0.3, -0.25) is 9.59 Å². The molecule has 2 aromatic heterocycles. The van der Waals surface area contributed by atoms with Crippen LogP contribution in [0.15, 0.2) is 78.4 Å². The van der Waals surface area contributed by atoms with Crippen molar-refractivity contribution in [1.29, 1.82) is 0 Å². The molecule has 0 saturated heterocycles. The monoisotopic (exact) mass is 455 g/mol. The lowest BCUT2D eigenvalue weighted by molar-refractivity contribution is -0.114. The van der Waals surface area contributed by atoms with Gasteiger partial charge in [0.25, 0.3) is 5.56 Å². The third kappa shape index (κ3) is 4.87. The van der Waals surface area contributed by atoms with E-state index in [0.717, 1.165) is 27.7 Å². The third-order valence-corrected chi connectivity index (χ3v) is 5.41. The maximum Gasteiger partial charge on any atom is 0.256 e. The number of ether oxygens (including phenoxy) is 1. The van der Waals surface area contributed by atoms with E-state index in [4.69, 9.17) is 4.74 Å². The number of hydrogen-bond acceptors (Lipinski definition) is 6. The molecule has 0 unspecified atom stereocenters. The van der Waals surface area contributed by atoms with Crippen molar-refractivity contribution >= 4 is 34.1 Å². The van der Waals surface area contributed by atoms with Gasteiger partial charge in [0.15, 0.2) is 0 Å². The molecule has 0 aliphatic heterocycles. The number of aromatic amines is 1. The van der Waals surface area contributed by atoms with Crippen LogP contribution in [0.3, 0.4) is 0 Å². The van der Waals surface area contributed by atoms with Gasteiger partial charge < -0.3 is 19.9 Å². The number of anilines is 3. The molecule has 34 heavy (non-hydrogen) atoms. The molecule has 4 rings (SSSR count). The number of methoxy groups -OCH3 is 1. The Hall–Kier alpha value is -4.30. The number of carbonyl (C=O) groups is 1. The Morgan fingerprint density at radius 3 is 2.85 bits per heavy atom. The smallest absolute Gasteiger partial charge is 0.256 e. The molecule has 8 heteroatoms. The van der Waals surface area contributed by atoms with Crippen molar-refractivity contribution in [2.45, 2.75) is 6.92 Å². The molecule has 0 radical (unpaired) electrons. The number of amides is 1. The predicted octanol–water partition coefficient (Wildman–Crippen LogP) is 4.20. The first kappa shape index (κ1) is 22.9. The first-order valence-corrected chi connectivity index (χ1v) is 10.8. The zero-order chi connectivity index (χ0) is 24.1. The largest absolute Gasteiger partial charge is 0.383 e. The van der Waals surface area contributed by atoms with Gasteiger partial charge in [0.2, 0.25) is 11.9 Å². The van der Waals surface area contributed by atoms with Gasteiger partial charge >= 0.3 is 0 Å². The van der Waals surface area contributed by atoms with Gasteiger partial charge in [-0.1, -0.05) is 18.7 Å². The highest BCUT2D eigenvalue weighted by Gasteiger charge is 2.14. The molecule has 1 amide bonds. The molecule has 2 N–H and O–H groups in total. The molecule has 0 aliphatic rings. The van der Waals surface area contributed by atoms with Crippen LogP contribution in [0.25, 0.3) is 22.0 Å². The fourth-order valence-corrected chi connectivity index (χ4v) is 3.72. The molecule has 0 fully saturated rings. The average Bonchev–Trinajstić information content (AvgIpc) is 2.84. The van der Waals surface area contributed by atoms with E-state index in [1.54, 1.807) is 24.4 Å². The Kier molecular flexibility index (Phi) is 6.79. The number of H-pyrrole nitrogens is 1. The van der Waals surface area contributed by atoms with Crippen molar-refractivity contribution in [2.24, 2.45) is 0 Å². The van der Waals surface area contributed by atoms with Crippen LogP contribution in [0.2, 0.25) is 0 Å². The Bertz CT molecular complexity index is 1410. The van der Waals surface area contributed by atoms with E-state index in [2.05, 4.69) is 26.8 Å². The van der Waals surface area contributed by atoms with Crippen LogP contribution < -0.4 is 15.8 Å². The van der Waals surface area contributed by atoms with Crippen molar-refractivity contribution in [3.8, 4) is 11.1 Å². The van der Waals surface area contributed by atoms with Gasteiger partial charge in [0.1, 0.15) is 0 Å². The summed E-state index contributed by atoms with van der Waals surface area (Å²) in [6.07, 6.45) is 4.64. The van der Waals surface area contributed by atoms with E-state index in [0.29, 0.717) is 30.4 Å². The second-order valence-corrected chi connectivity index (χ2v) is 7.69. The summed E-state index contributed by atoms with van der Waals surface area (Å²) in [5.74, 6) is 0.212. The lowest BCUT2D eigenvalue weighted by Crippen LogP contribution is -2.32. The number of aromatic nitrogens is 3. The maximum atomic E-state index is 12.3. The first-order chi connectivity index (χ1) is 16.5. The van der Waals surface area contributed by atoms with Crippen molar-refractivity contribution in [3.63, 3.8) is 0 Å². The summed E-state index contributed by atoms with van der Waals surface area (Å²) in [5, 5.41) is 4.02.